The lowest BCUT2D eigenvalue weighted by Crippen LogP contribution is -2.36. The zero-order chi connectivity index (χ0) is 18.7. The van der Waals surface area contributed by atoms with E-state index in [9.17, 15) is 13.2 Å². The Bertz CT molecular complexity index is 950. The average Bonchev–Trinajstić information content (AvgIpc) is 3.20. The van der Waals surface area contributed by atoms with Crippen LogP contribution in [0.5, 0.6) is 11.5 Å². The first-order valence-corrected chi connectivity index (χ1v) is 10.4. The van der Waals surface area contributed by atoms with Crippen LogP contribution in [0.2, 0.25) is 0 Å². The summed E-state index contributed by atoms with van der Waals surface area (Å²) in [4.78, 5) is 16.6. The molecule has 7 nitrogen and oxygen atoms in total. The summed E-state index contributed by atoms with van der Waals surface area (Å²) in [5.41, 5.74) is 1.49. The first kappa shape index (κ1) is 18.4. The number of methoxy groups -OCH3 is 2. The molecule has 0 fully saturated rings. The highest BCUT2D eigenvalue weighted by atomic mass is 32.2. The molecule has 1 aromatic carbocycles. The van der Waals surface area contributed by atoms with Crippen molar-refractivity contribution in [3.8, 4) is 22.1 Å². The third-order valence-corrected chi connectivity index (χ3v) is 6.14. The highest BCUT2D eigenvalue weighted by Crippen LogP contribution is 2.33. The molecule has 1 atom stereocenters. The Kier molecular flexibility index (Phi) is 5.28. The standard InChI is InChI=1S/C17H18N2O5S2/c1-23-14-4-3-11(7-15(14)24-2)17-19-13(9-25-17)8-16(20)18-12-5-6-26(21,22)10-12/h3-7,9,12H,8,10H2,1-2H3,(H,18,20). The van der Waals surface area contributed by atoms with E-state index >= 15 is 0 Å². The van der Waals surface area contributed by atoms with Crippen LogP contribution >= 0.6 is 11.3 Å². The number of hydrogen-bond donors (Lipinski definition) is 1. The number of nitrogens with zero attached hydrogens (tertiary/aromatic N) is 1. The van der Waals surface area contributed by atoms with Crippen molar-refractivity contribution in [2.45, 2.75) is 12.5 Å². The lowest BCUT2D eigenvalue weighted by atomic mass is 10.2. The summed E-state index contributed by atoms with van der Waals surface area (Å²) in [5, 5.41) is 6.40. The van der Waals surface area contributed by atoms with Crippen molar-refractivity contribution < 1.29 is 22.7 Å². The fourth-order valence-corrected chi connectivity index (χ4v) is 4.63. The molecule has 2 aromatic rings. The Morgan fingerprint density at radius 1 is 1.31 bits per heavy atom. The van der Waals surface area contributed by atoms with Gasteiger partial charge in [-0.25, -0.2) is 13.4 Å². The van der Waals surface area contributed by atoms with Crippen LogP contribution in [0.3, 0.4) is 0 Å². The predicted octanol–water partition coefficient (Wildman–Crippen LogP) is 1.80. The Balaban J connectivity index is 1.66. The monoisotopic (exact) mass is 394 g/mol. The third-order valence-electron chi connectivity index (χ3n) is 3.80. The summed E-state index contributed by atoms with van der Waals surface area (Å²) in [5.74, 6) is 0.883. The van der Waals surface area contributed by atoms with Crippen molar-refractivity contribution in [2.75, 3.05) is 20.0 Å². The summed E-state index contributed by atoms with van der Waals surface area (Å²) in [6, 6.07) is 5.03. The second-order valence-corrected chi connectivity index (χ2v) is 8.51. The van der Waals surface area contributed by atoms with Crippen molar-refractivity contribution in [2.24, 2.45) is 0 Å². The molecule has 1 aromatic heterocycles. The van der Waals surface area contributed by atoms with Crippen LogP contribution in [0.15, 0.2) is 35.1 Å². The molecule has 0 aliphatic carbocycles. The molecule has 26 heavy (non-hydrogen) atoms. The number of amides is 1. The van der Waals surface area contributed by atoms with Gasteiger partial charge < -0.3 is 14.8 Å². The van der Waals surface area contributed by atoms with Gasteiger partial charge in [0, 0.05) is 16.4 Å². The summed E-state index contributed by atoms with van der Waals surface area (Å²) < 4.78 is 33.3. The molecule has 1 aliphatic heterocycles. The number of rotatable bonds is 6. The third kappa shape index (κ3) is 4.23. The SMILES string of the molecule is COc1ccc(-c2nc(CC(=O)NC3C=CS(=O)(=O)C3)cs2)cc1OC. The van der Waals surface area contributed by atoms with E-state index in [-0.39, 0.29) is 18.1 Å². The fourth-order valence-electron chi connectivity index (χ4n) is 2.58. The molecule has 1 N–H and O–H groups in total. The van der Waals surface area contributed by atoms with Crippen molar-refractivity contribution in [3.63, 3.8) is 0 Å². The Labute approximate surface area is 155 Å². The number of hydrogen-bond acceptors (Lipinski definition) is 7. The number of aromatic nitrogens is 1. The van der Waals surface area contributed by atoms with Crippen molar-refractivity contribution >= 4 is 27.1 Å². The van der Waals surface area contributed by atoms with E-state index in [1.165, 1.54) is 17.4 Å². The first-order chi connectivity index (χ1) is 12.4. The van der Waals surface area contributed by atoms with E-state index in [0.717, 1.165) is 16.0 Å². The zero-order valence-electron chi connectivity index (χ0n) is 14.3. The Hall–Kier alpha value is -2.39. The summed E-state index contributed by atoms with van der Waals surface area (Å²) in [6.07, 6.45) is 1.58. The van der Waals surface area contributed by atoms with Gasteiger partial charge >= 0.3 is 0 Å². The van der Waals surface area contributed by atoms with Gasteiger partial charge in [-0.05, 0) is 24.3 Å². The largest absolute Gasteiger partial charge is 0.493 e. The molecule has 9 heteroatoms. The Morgan fingerprint density at radius 2 is 2.08 bits per heavy atom. The molecule has 138 valence electrons. The minimum atomic E-state index is -3.19. The summed E-state index contributed by atoms with van der Waals surface area (Å²) in [6.45, 7) is 0. The van der Waals surface area contributed by atoms with Crippen LogP contribution in [0.4, 0.5) is 0 Å². The van der Waals surface area contributed by atoms with Gasteiger partial charge in [0.2, 0.25) is 5.91 Å². The minimum Gasteiger partial charge on any atom is -0.493 e. The van der Waals surface area contributed by atoms with Crippen LogP contribution < -0.4 is 14.8 Å². The smallest absolute Gasteiger partial charge is 0.226 e. The van der Waals surface area contributed by atoms with Gasteiger partial charge in [-0.15, -0.1) is 11.3 Å². The number of nitrogens with one attached hydrogen (secondary N) is 1. The van der Waals surface area contributed by atoms with Crippen LogP contribution in [0, 0.1) is 0 Å². The van der Waals surface area contributed by atoms with Gasteiger partial charge in [-0.2, -0.15) is 0 Å². The highest BCUT2D eigenvalue weighted by Gasteiger charge is 2.23. The van der Waals surface area contributed by atoms with Gasteiger partial charge in [0.05, 0.1) is 38.1 Å². The molecular formula is C17H18N2O5S2. The number of thiazole rings is 1. The van der Waals surface area contributed by atoms with E-state index in [0.29, 0.717) is 17.2 Å². The van der Waals surface area contributed by atoms with E-state index < -0.39 is 15.9 Å². The highest BCUT2D eigenvalue weighted by molar-refractivity contribution is 7.94. The van der Waals surface area contributed by atoms with E-state index in [1.807, 2.05) is 17.5 Å². The van der Waals surface area contributed by atoms with Crippen molar-refractivity contribution in [3.05, 3.63) is 40.8 Å². The fraction of sp³-hybridized carbons (Fsp3) is 0.294. The number of benzene rings is 1. The first-order valence-electron chi connectivity index (χ1n) is 7.77. The van der Waals surface area contributed by atoms with Gasteiger partial charge in [0.25, 0.3) is 0 Å². The van der Waals surface area contributed by atoms with Crippen LogP contribution in [0.1, 0.15) is 5.69 Å². The number of sulfone groups is 1. The maximum Gasteiger partial charge on any atom is 0.226 e. The molecule has 0 saturated carbocycles. The minimum absolute atomic E-state index is 0.0906. The van der Waals surface area contributed by atoms with Crippen LogP contribution in [0.25, 0.3) is 10.6 Å². The quantitative estimate of drug-likeness (QED) is 0.803. The molecule has 1 aliphatic rings. The number of carbonyl (C=O) groups is 1. The van der Waals surface area contributed by atoms with Gasteiger partial charge in [-0.1, -0.05) is 0 Å². The van der Waals surface area contributed by atoms with Crippen LogP contribution in [-0.4, -0.2) is 45.3 Å². The van der Waals surface area contributed by atoms with Gasteiger partial charge in [0.15, 0.2) is 21.3 Å². The summed E-state index contributed by atoms with van der Waals surface area (Å²) >= 11 is 1.42. The van der Waals surface area contributed by atoms with E-state index in [2.05, 4.69) is 10.3 Å². The van der Waals surface area contributed by atoms with Crippen molar-refractivity contribution in [1.82, 2.24) is 10.3 Å². The molecule has 0 radical (unpaired) electrons. The maximum absolute atomic E-state index is 12.1. The maximum atomic E-state index is 12.1. The van der Waals surface area contributed by atoms with Crippen LogP contribution in [-0.2, 0) is 21.1 Å². The number of carbonyl (C=O) groups excluding carboxylic acids is 1. The molecule has 0 bridgehead atoms. The molecule has 0 spiro atoms. The van der Waals surface area contributed by atoms with Crippen molar-refractivity contribution in [1.29, 1.82) is 0 Å². The lowest BCUT2D eigenvalue weighted by molar-refractivity contribution is -0.120. The summed E-state index contributed by atoms with van der Waals surface area (Å²) in [7, 11) is -0.0510. The predicted molar refractivity (Wildman–Crippen MR) is 99.2 cm³/mol. The van der Waals surface area contributed by atoms with Gasteiger partial charge in [-0.3, -0.25) is 4.79 Å². The second kappa shape index (κ2) is 7.46. The molecule has 3 rings (SSSR count). The topological polar surface area (TPSA) is 94.6 Å². The molecule has 1 unspecified atom stereocenters. The average molecular weight is 394 g/mol. The number of ether oxygens (including phenoxy) is 2. The normalized spacial score (nSPS) is 17.8. The molecule has 1 amide bonds. The Morgan fingerprint density at radius 3 is 2.73 bits per heavy atom. The zero-order valence-corrected chi connectivity index (χ0v) is 15.9. The molecule has 2 heterocycles. The lowest BCUT2D eigenvalue weighted by Gasteiger charge is -2.09. The molecular weight excluding hydrogens is 376 g/mol. The molecule has 0 saturated heterocycles. The second-order valence-electron chi connectivity index (χ2n) is 5.72. The van der Waals surface area contributed by atoms with E-state index in [1.54, 1.807) is 20.3 Å². The van der Waals surface area contributed by atoms with E-state index in [4.69, 9.17) is 9.47 Å². The van der Waals surface area contributed by atoms with Gasteiger partial charge in [0.1, 0.15) is 5.01 Å².